The summed E-state index contributed by atoms with van der Waals surface area (Å²) in [6.45, 7) is 53.1. The molecule has 0 aromatic heterocycles. The van der Waals surface area contributed by atoms with E-state index in [0.29, 0.717) is 11.3 Å². The van der Waals surface area contributed by atoms with Gasteiger partial charge in [0.25, 0.3) is 0 Å². The van der Waals surface area contributed by atoms with E-state index in [2.05, 4.69) is 152 Å². The largest absolute Gasteiger partial charge is 0.244 e. The summed E-state index contributed by atoms with van der Waals surface area (Å²) in [5.41, 5.74) is 4.39. The van der Waals surface area contributed by atoms with Gasteiger partial charge in [-0.1, -0.05) is 172 Å². The minimum absolute atomic E-state index is 0.676. The van der Waals surface area contributed by atoms with Crippen LogP contribution in [0, 0.1) is 186 Å². The van der Waals surface area contributed by atoms with Gasteiger partial charge in [0, 0.05) is 0 Å². The Hall–Kier alpha value is -0.0700. The molecule has 2 bridgehead atoms. The predicted molar refractivity (Wildman–Crippen MR) is 429 cm³/mol. The van der Waals surface area contributed by atoms with E-state index in [9.17, 15) is 4.39 Å². The van der Waals surface area contributed by atoms with Crippen molar-refractivity contribution in [2.45, 2.75) is 428 Å². The Morgan fingerprint density at radius 3 is 0.755 bits per heavy atom. The van der Waals surface area contributed by atoms with Crippen LogP contribution in [0.1, 0.15) is 422 Å². The summed E-state index contributed by atoms with van der Waals surface area (Å²) in [4.78, 5) is 0. The number of alkyl halides is 1. The lowest BCUT2D eigenvalue weighted by atomic mass is 9.42. The summed E-state index contributed by atoms with van der Waals surface area (Å²) >= 11 is 0. The summed E-state index contributed by atoms with van der Waals surface area (Å²) in [5, 5.41) is 0. The van der Waals surface area contributed by atoms with Crippen LogP contribution in [0.4, 0.5) is 4.39 Å². The van der Waals surface area contributed by atoms with Gasteiger partial charge >= 0.3 is 0 Å². The lowest BCUT2D eigenvalue weighted by Crippen LogP contribution is -2.52. The summed E-state index contributed by atoms with van der Waals surface area (Å²) in [5.74, 6) is 27.2. The third-order valence-electron chi connectivity index (χ3n) is 30.6. The van der Waals surface area contributed by atoms with Crippen molar-refractivity contribution in [2.24, 2.45) is 186 Å². The third-order valence-corrected chi connectivity index (χ3v) is 30.6. The molecule has 19 fully saturated rings. The van der Waals surface area contributed by atoms with Gasteiger partial charge in [-0.05, 0) is 437 Å². The molecule has 19 saturated carbocycles. The van der Waals surface area contributed by atoms with Crippen molar-refractivity contribution >= 4 is 0 Å². The van der Waals surface area contributed by atoms with Crippen molar-refractivity contribution in [1.29, 1.82) is 0 Å². The van der Waals surface area contributed by atoms with Crippen LogP contribution in [0.5, 0.6) is 0 Å². The van der Waals surface area contributed by atoms with Crippen molar-refractivity contribution < 1.29 is 4.39 Å². The lowest BCUT2D eigenvalue weighted by Gasteiger charge is -2.63. The molecule has 0 radical (unpaired) electrons. The first-order valence-electron chi connectivity index (χ1n) is 45.5. The van der Waals surface area contributed by atoms with E-state index in [-0.39, 0.29) is 0 Å². The van der Waals surface area contributed by atoms with Crippen molar-refractivity contribution in [3.05, 3.63) is 0 Å². The fourth-order valence-corrected chi connectivity index (χ4v) is 25.5. The molecule has 4 spiro atoms. The third kappa shape index (κ3) is 25.0. The fourth-order valence-electron chi connectivity index (χ4n) is 25.5. The molecule has 19 aliphatic rings. The SMILES string of the molecule is CC(C)CC12CC(C1)C2.CC(C)CC1C2CC12.CC(C)CC1C2CCC21.CC(C)CC1CC(C)(C)C1.CC(C)CC1CC(C)(F)C1.CC(C)CC1CC2(CC2)C1.CC(C)CC1CC2(CCC2)C1.CC(C)CC1CC2(CCC2)C1.CC(C)CC1CC2(CCC2)C1.CC(C)CC1CC2CC12. The number of hydrogen-bond donors (Lipinski definition) is 0. The Labute approximate surface area is 615 Å². The molecule has 7 atom stereocenters. The smallest absolute Gasteiger partial charge is 0.108 e. The molecule has 0 amide bonds. The van der Waals surface area contributed by atoms with Gasteiger partial charge in [0.15, 0.2) is 0 Å². The van der Waals surface area contributed by atoms with E-state index in [1.54, 1.807) is 161 Å². The number of hydrogen-bond acceptors (Lipinski definition) is 0. The predicted octanol–water partition coefficient (Wildman–Crippen LogP) is 31.2. The van der Waals surface area contributed by atoms with Crippen LogP contribution >= 0.6 is 0 Å². The molecule has 572 valence electrons. The first-order chi connectivity index (χ1) is 45.8. The Morgan fingerprint density at radius 2 is 0.582 bits per heavy atom. The van der Waals surface area contributed by atoms with E-state index in [1.165, 1.54) is 150 Å². The maximum Gasteiger partial charge on any atom is 0.108 e. The van der Waals surface area contributed by atoms with Crippen molar-refractivity contribution in [1.82, 2.24) is 0 Å². The van der Waals surface area contributed by atoms with E-state index >= 15 is 0 Å². The number of fused-ring (bicyclic) bond motifs is 3. The standard InChI is InChI=1S/3C11H20.C10H18.C10H20.C9H17F.3C9H16.C8H14/c3*1-9(2)6-10-7-11(8-10)4-3-5-11;1-8(2)5-9-6-10(7-9)3-4-10;1-8(2)5-9-6-10(3,4)7-9;1-7(2)4-8-5-9(3,10)6-8;1-7(2)3-9-4-8(5-9)6-9;1-6(2)3-7-4-8-5-9(7)8;1-6(2)5-9-7-3-4-8(7)9;1-5(2)3-6-7-4-8(6)7/h3*9-10H,3-8H2,1-2H3;8-9H,3-7H2,1-2H3;8-9H,5-7H2,1-4H3;7-8H,4-6H2,1-3H3;7-8H,3-6H2,1-2H3;2*6-9H,3-5H2,1-2H3;5-8H,3-4H2,1-2H3. The minimum Gasteiger partial charge on any atom is -0.244 e. The van der Waals surface area contributed by atoms with Crippen LogP contribution < -0.4 is 0 Å². The molecular weight excluding hydrogens is 1180 g/mol. The average Bonchev–Trinajstić information content (AvgIpc) is 1.41. The minimum atomic E-state index is -0.820. The zero-order valence-electron chi connectivity index (χ0n) is 70.9. The first kappa shape index (κ1) is 82.0. The van der Waals surface area contributed by atoms with Crippen LogP contribution in [0.25, 0.3) is 0 Å². The Balaban J connectivity index is 0.000000128. The zero-order valence-corrected chi connectivity index (χ0v) is 70.9. The van der Waals surface area contributed by atoms with Crippen LogP contribution in [-0.4, -0.2) is 5.67 Å². The van der Waals surface area contributed by atoms with Gasteiger partial charge in [0.05, 0.1) is 0 Å². The fraction of sp³-hybridized carbons (Fsp3) is 1.00. The van der Waals surface area contributed by atoms with Crippen molar-refractivity contribution in [3.63, 3.8) is 0 Å². The van der Waals surface area contributed by atoms with Gasteiger partial charge in [0.1, 0.15) is 5.67 Å². The van der Waals surface area contributed by atoms with Gasteiger partial charge in [-0.2, -0.15) is 0 Å². The lowest BCUT2D eigenvalue weighted by molar-refractivity contribution is -0.119. The second-order valence-electron chi connectivity index (χ2n) is 47.0. The second kappa shape index (κ2) is 34.4. The molecule has 0 nitrogen and oxygen atoms in total. The first-order valence-corrected chi connectivity index (χ1v) is 45.5. The van der Waals surface area contributed by atoms with Crippen LogP contribution in [0.15, 0.2) is 0 Å². The second-order valence-corrected chi connectivity index (χ2v) is 47.0. The van der Waals surface area contributed by atoms with E-state index in [1.807, 2.05) is 0 Å². The van der Waals surface area contributed by atoms with E-state index in [0.717, 1.165) is 135 Å². The Bertz CT molecular complexity index is 2070. The van der Waals surface area contributed by atoms with E-state index < -0.39 is 5.67 Å². The average molecular weight is 1360 g/mol. The topological polar surface area (TPSA) is 0 Å². The number of rotatable bonds is 20. The Kier molecular flexibility index (Phi) is 28.8. The molecule has 0 aliphatic heterocycles. The van der Waals surface area contributed by atoms with Crippen molar-refractivity contribution in [2.75, 3.05) is 0 Å². The quantitative estimate of drug-likeness (QED) is 0.114. The molecule has 19 rings (SSSR count). The molecule has 0 aromatic carbocycles. The summed E-state index contributed by atoms with van der Waals surface area (Å²) in [7, 11) is 0. The van der Waals surface area contributed by atoms with Crippen LogP contribution in [0.3, 0.4) is 0 Å². The van der Waals surface area contributed by atoms with Crippen LogP contribution in [-0.2, 0) is 0 Å². The normalized spacial score (nSPS) is 38.2. The molecule has 1 heteroatoms. The van der Waals surface area contributed by atoms with Gasteiger partial charge in [-0.3, -0.25) is 0 Å². The maximum absolute atomic E-state index is 12.9. The molecule has 0 heterocycles. The van der Waals surface area contributed by atoms with E-state index in [4.69, 9.17) is 0 Å². The van der Waals surface area contributed by atoms with Crippen LogP contribution in [0.2, 0.25) is 0 Å². The molecule has 0 aromatic rings. The van der Waals surface area contributed by atoms with Gasteiger partial charge in [-0.25, -0.2) is 4.39 Å². The Morgan fingerprint density at radius 1 is 0.286 bits per heavy atom. The van der Waals surface area contributed by atoms with Gasteiger partial charge < -0.3 is 0 Å². The monoisotopic (exact) mass is 1360 g/mol. The van der Waals surface area contributed by atoms with Crippen molar-refractivity contribution in [3.8, 4) is 0 Å². The molecular formula is C97H177F. The van der Waals surface area contributed by atoms with Gasteiger partial charge in [0.2, 0.25) is 0 Å². The highest BCUT2D eigenvalue weighted by atomic mass is 19.1. The highest BCUT2D eigenvalue weighted by molar-refractivity contribution is 5.12. The summed E-state index contributed by atoms with van der Waals surface area (Å²) in [6.07, 6.45) is 61.3. The highest BCUT2D eigenvalue weighted by Crippen LogP contribution is 2.71. The maximum atomic E-state index is 12.9. The molecule has 0 N–H and O–H groups in total. The molecule has 0 saturated heterocycles. The summed E-state index contributed by atoms with van der Waals surface area (Å²) < 4.78 is 12.9. The molecule has 98 heavy (non-hydrogen) atoms. The molecule has 7 unspecified atom stereocenters. The molecule has 19 aliphatic carbocycles. The number of halogens is 1. The summed E-state index contributed by atoms with van der Waals surface area (Å²) in [6, 6.07) is 0. The zero-order chi connectivity index (χ0) is 71.5. The van der Waals surface area contributed by atoms with Gasteiger partial charge in [-0.15, -0.1) is 0 Å². The highest BCUT2D eigenvalue weighted by Gasteiger charge is 2.63.